The molecule has 0 bridgehead atoms. The number of unbranched alkanes of at least 4 members (excludes halogenated alkanes) is 1. The molecule has 2 rings (SSSR count). The highest BCUT2D eigenvalue weighted by Gasteiger charge is 2.19. The minimum absolute atomic E-state index is 0.245. The van der Waals surface area contributed by atoms with Gasteiger partial charge in [-0.25, -0.2) is 4.79 Å². The lowest BCUT2D eigenvalue weighted by atomic mass is 9.91. The van der Waals surface area contributed by atoms with Crippen molar-refractivity contribution >= 4 is 12.1 Å². The Labute approximate surface area is 192 Å². The van der Waals surface area contributed by atoms with E-state index in [2.05, 4.69) is 20.7 Å². The minimum Gasteiger partial charge on any atom is -0.481 e. The molecule has 1 atom stereocenters. The molecule has 0 aliphatic heterocycles. The number of nitrogens with one attached hydrogen (secondary N) is 2. The van der Waals surface area contributed by atoms with Gasteiger partial charge in [0.25, 0.3) is 0 Å². The first-order chi connectivity index (χ1) is 15.2. The van der Waals surface area contributed by atoms with Crippen LogP contribution in [0.4, 0.5) is 4.79 Å². The van der Waals surface area contributed by atoms with Crippen LogP contribution in [0.3, 0.4) is 0 Å². The van der Waals surface area contributed by atoms with E-state index in [9.17, 15) is 9.59 Å². The zero-order valence-corrected chi connectivity index (χ0v) is 20.1. The molecule has 1 amide bonds. The third-order valence-electron chi connectivity index (χ3n) is 5.73. The maximum Gasteiger partial charge on any atom is 0.407 e. The second kappa shape index (κ2) is 15.8. The Bertz CT molecular complexity index is 572. The molecule has 0 aromatic carbocycles. The van der Waals surface area contributed by atoms with Gasteiger partial charge in [0.05, 0.1) is 0 Å². The summed E-state index contributed by atoms with van der Waals surface area (Å²) in [6.07, 6.45) is 15.4. The number of carboxylic acid groups (broad SMARTS) is 1. The maximum absolute atomic E-state index is 11.3. The van der Waals surface area contributed by atoms with Crippen LogP contribution in [-0.4, -0.2) is 47.4 Å². The van der Waals surface area contributed by atoms with Crippen molar-refractivity contribution in [3.63, 3.8) is 0 Å². The van der Waals surface area contributed by atoms with Gasteiger partial charge in [-0.1, -0.05) is 50.1 Å². The van der Waals surface area contributed by atoms with Crippen LogP contribution in [0.25, 0.3) is 10.4 Å². The van der Waals surface area contributed by atoms with Gasteiger partial charge in [0.1, 0.15) is 11.6 Å². The first-order valence-corrected chi connectivity index (χ1v) is 12.2. The Morgan fingerprint density at radius 1 is 1.03 bits per heavy atom. The summed E-state index contributed by atoms with van der Waals surface area (Å²) in [6.45, 7) is 5.69. The van der Waals surface area contributed by atoms with Gasteiger partial charge in [0.2, 0.25) is 0 Å². The molecular formula is C23H43N5O4. The standard InChI is InChI=1S/C12H23N.C11H20N4O4/c1-3-7-11(8-4-1)13-12-9-5-2-6-10-12;1-11(2,3)19-10(18)13-7-5-4-6-8(9(16)17)14-15-12/h11-13H,1-10H2;8H,4-7H2,1-3H3,(H,13,18)(H,16,17)/t;8-/m.0/s1. The van der Waals surface area contributed by atoms with Gasteiger partial charge < -0.3 is 20.5 Å². The smallest absolute Gasteiger partial charge is 0.407 e. The van der Waals surface area contributed by atoms with Gasteiger partial charge in [-0.3, -0.25) is 4.79 Å². The van der Waals surface area contributed by atoms with Gasteiger partial charge in [-0.2, -0.15) is 0 Å². The number of amides is 1. The molecule has 2 saturated carbocycles. The van der Waals surface area contributed by atoms with Crippen molar-refractivity contribution in [2.45, 2.75) is 128 Å². The number of hydrogen-bond donors (Lipinski definition) is 3. The van der Waals surface area contributed by atoms with Gasteiger partial charge in [-0.15, -0.1) is 0 Å². The quantitative estimate of drug-likeness (QED) is 0.178. The number of ether oxygens (including phenoxy) is 1. The van der Waals surface area contributed by atoms with Gasteiger partial charge in [-0.05, 0) is 64.8 Å². The Morgan fingerprint density at radius 2 is 1.56 bits per heavy atom. The van der Waals surface area contributed by atoms with E-state index in [4.69, 9.17) is 15.4 Å². The van der Waals surface area contributed by atoms with Crippen LogP contribution in [0, 0.1) is 0 Å². The topological polar surface area (TPSA) is 136 Å². The molecule has 0 saturated heterocycles. The molecule has 9 heteroatoms. The Balaban J connectivity index is 0.000000339. The Hall–Kier alpha value is -1.99. The van der Waals surface area contributed by atoms with Crippen LogP contribution in [0.1, 0.15) is 104 Å². The summed E-state index contributed by atoms with van der Waals surface area (Å²) >= 11 is 0. The number of hydrogen-bond acceptors (Lipinski definition) is 5. The van der Waals surface area contributed by atoms with E-state index < -0.39 is 23.7 Å². The first kappa shape index (κ1) is 28.0. The molecule has 0 unspecified atom stereocenters. The number of alkyl carbamates (subject to hydrolysis) is 1. The molecule has 2 aliphatic rings. The number of carbonyl (C=O) groups excluding carboxylic acids is 1. The van der Waals surface area contributed by atoms with Gasteiger partial charge in [0.15, 0.2) is 0 Å². The third-order valence-corrected chi connectivity index (χ3v) is 5.73. The second-order valence-electron chi connectivity index (χ2n) is 9.82. The maximum atomic E-state index is 11.3. The number of carboxylic acids is 1. The molecular weight excluding hydrogens is 410 g/mol. The van der Waals surface area contributed by atoms with E-state index >= 15 is 0 Å². The van der Waals surface area contributed by atoms with Crippen LogP contribution >= 0.6 is 0 Å². The normalized spacial score (nSPS) is 18.5. The summed E-state index contributed by atoms with van der Waals surface area (Å²) in [5, 5.41) is 18.3. The number of nitrogens with zero attached hydrogens (tertiary/aromatic N) is 3. The summed E-state index contributed by atoms with van der Waals surface area (Å²) in [7, 11) is 0. The summed E-state index contributed by atoms with van der Waals surface area (Å²) in [6, 6.07) is 0.695. The Kier molecular flexibility index (Phi) is 13.8. The predicted octanol–water partition coefficient (Wildman–Crippen LogP) is 5.69. The third kappa shape index (κ3) is 14.1. The molecule has 0 aromatic rings. The summed E-state index contributed by atoms with van der Waals surface area (Å²) < 4.78 is 5.03. The largest absolute Gasteiger partial charge is 0.481 e. The van der Waals surface area contributed by atoms with Gasteiger partial charge >= 0.3 is 12.1 Å². The highest BCUT2D eigenvalue weighted by Crippen LogP contribution is 2.22. The van der Waals surface area contributed by atoms with E-state index in [-0.39, 0.29) is 6.42 Å². The van der Waals surface area contributed by atoms with Crippen LogP contribution < -0.4 is 10.6 Å². The monoisotopic (exact) mass is 453 g/mol. The van der Waals surface area contributed by atoms with E-state index in [0.717, 1.165) is 12.1 Å². The number of carbonyl (C=O) groups is 2. The van der Waals surface area contributed by atoms with Crippen LogP contribution in [0.5, 0.6) is 0 Å². The number of azide groups is 1. The number of rotatable bonds is 9. The molecule has 9 nitrogen and oxygen atoms in total. The SMILES string of the molecule is C1CCC(NC2CCCCC2)CC1.CC(C)(C)OC(=O)NCCCC[C@H](N=[N+]=[N-])C(=O)O. The van der Waals surface area contributed by atoms with Crippen LogP contribution in [-0.2, 0) is 9.53 Å². The molecule has 0 spiro atoms. The average Bonchev–Trinajstić information content (AvgIpc) is 2.73. The van der Waals surface area contributed by atoms with Crippen LogP contribution in [0.2, 0.25) is 0 Å². The van der Waals surface area contributed by atoms with Crippen LogP contribution in [0.15, 0.2) is 5.11 Å². The highest BCUT2D eigenvalue weighted by atomic mass is 16.6. The summed E-state index contributed by atoms with van der Waals surface area (Å²) in [5.41, 5.74) is 7.65. The van der Waals surface area contributed by atoms with Crippen molar-refractivity contribution in [1.29, 1.82) is 0 Å². The zero-order valence-electron chi connectivity index (χ0n) is 20.1. The molecule has 3 N–H and O–H groups in total. The predicted molar refractivity (Wildman–Crippen MR) is 126 cm³/mol. The lowest BCUT2D eigenvalue weighted by Gasteiger charge is -2.30. The molecule has 0 radical (unpaired) electrons. The van der Waals surface area contributed by atoms with Crippen molar-refractivity contribution in [3.8, 4) is 0 Å². The first-order valence-electron chi connectivity index (χ1n) is 12.2. The summed E-state index contributed by atoms with van der Waals surface area (Å²) in [4.78, 5) is 24.4. The molecule has 2 fully saturated rings. The fraction of sp³-hybridized carbons (Fsp3) is 0.913. The highest BCUT2D eigenvalue weighted by molar-refractivity contribution is 5.73. The molecule has 2 aliphatic carbocycles. The molecule has 184 valence electrons. The zero-order chi connectivity index (χ0) is 23.8. The van der Waals surface area contributed by atoms with Crippen molar-refractivity contribution < 1.29 is 19.4 Å². The fourth-order valence-corrected chi connectivity index (χ4v) is 4.13. The van der Waals surface area contributed by atoms with Crippen molar-refractivity contribution in [2.75, 3.05) is 6.54 Å². The fourth-order valence-electron chi connectivity index (χ4n) is 4.13. The molecule has 0 heterocycles. The van der Waals surface area contributed by atoms with E-state index in [0.29, 0.717) is 19.4 Å². The van der Waals surface area contributed by atoms with Crippen molar-refractivity contribution in [3.05, 3.63) is 10.4 Å². The van der Waals surface area contributed by atoms with Crippen molar-refractivity contribution in [1.82, 2.24) is 10.6 Å². The van der Waals surface area contributed by atoms with E-state index in [1.165, 1.54) is 64.2 Å². The van der Waals surface area contributed by atoms with E-state index in [1.54, 1.807) is 20.8 Å². The molecule has 32 heavy (non-hydrogen) atoms. The Morgan fingerprint density at radius 3 is 2.00 bits per heavy atom. The lowest BCUT2D eigenvalue weighted by molar-refractivity contribution is -0.138. The van der Waals surface area contributed by atoms with Crippen molar-refractivity contribution in [2.24, 2.45) is 5.11 Å². The summed E-state index contributed by atoms with van der Waals surface area (Å²) in [5.74, 6) is -1.14. The minimum atomic E-state index is -1.14. The van der Waals surface area contributed by atoms with E-state index in [1.807, 2.05) is 0 Å². The second-order valence-corrected chi connectivity index (χ2v) is 9.82. The molecule has 0 aromatic heterocycles. The average molecular weight is 454 g/mol. The number of aliphatic carboxylic acids is 1. The van der Waals surface area contributed by atoms with Gasteiger partial charge in [0, 0.05) is 23.5 Å². The lowest BCUT2D eigenvalue weighted by Crippen LogP contribution is -2.40.